The summed E-state index contributed by atoms with van der Waals surface area (Å²) in [4.78, 5) is 16.1. The average Bonchev–Trinajstić information content (AvgIpc) is 2.83. The van der Waals surface area contributed by atoms with Gasteiger partial charge in [-0.25, -0.2) is 4.98 Å². The molecular formula is C14H19N3O3. The van der Waals surface area contributed by atoms with Crippen molar-refractivity contribution in [3.05, 3.63) is 30.2 Å². The van der Waals surface area contributed by atoms with Gasteiger partial charge >= 0.3 is 0 Å². The van der Waals surface area contributed by atoms with Gasteiger partial charge in [0.05, 0.1) is 18.3 Å². The molecule has 0 fully saturated rings. The molecule has 1 atom stereocenters. The summed E-state index contributed by atoms with van der Waals surface area (Å²) in [6.45, 7) is 3.63. The van der Waals surface area contributed by atoms with Gasteiger partial charge < -0.3 is 19.6 Å². The van der Waals surface area contributed by atoms with E-state index in [1.54, 1.807) is 6.07 Å². The number of aliphatic hydroxyl groups is 1. The molecule has 2 aromatic rings. The van der Waals surface area contributed by atoms with E-state index in [2.05, 4.69) is 10.3 Å². The molecule has 0 aliphatic rings. The molecule has 0 spiro atoms. The molecule has 0 saturated heterocycles. The number of fused-ring (bicyclic) bond motifs is 1. The van der Waals surface area contributed by atoms with Crippen molar-refractivity contribution >= 4 is 11.6 Å². The molecule has 6 nitrogen and oxygen atoms in total. The second-order valence-electron chi connectivity index (χ2n) is 4.63. The second-order valence-corrected chi connectivity index (χ2v) is 4.63. The Hall–Kier alpha value is -2.08. The zero-order chi connectivity index (χ0) is 14.5. The van der Waals surface area contributed by atoms with E-state index < -0.39 is 0 Å². The fourth-order valence-corrected chi connectivity index (χ4v) is 1.91. The van der Waals surface area contributed by atoms with Gasteiger partial charge in [0.15, 0.2) is 18.0 Å². The Balaban J connectivity index is 2.00. The van der Waals surface area contributed by atoms with E-state index in [1.165, 1.54) is 0 Å². The number of imidazole rings is 1. The van der Waals surface area contributed by atoms with E-state index in [9.17, 15) is 4.79 Å². The molecule has 2 aromatic heterocycles. The maximum atomic E-state index is 11.7. The number of carbonyl (C=O) groups excluding carboxylic acids is 1. The van der Waals surface area contributed by atoms with Gasteiger partial charge in [0.1, 0.15) is 0 Å². The minimum absolute atomic E-state index is 0.0721. The van der Waals surface area contributed by atoms with Crippen LogP contribution < -0.4 is 10.1 Å². The molecule has 0 aromatic carbocycles. The number of aryl methyl sites for hydroxylation is 1. The molecule has 0 saturated carbocycles. The quantitative estimate of drug-likeness (QED) is 0.823. The molecule has 2 rings (SSSR count). The Labute approximate surface area is 117 Å². The van der Waals surface area contributed by atoms with Crippen LogP contribution in [0.15, 0.2) is 24.5 Å². The lowest BCUT2D eigenvalue weighted by atomic mass is 10.2. The van der Waals surface area contributed by atoms with Gasteiger partial charge in [0, 0.05) is 12.4 Å². The average molecular weight is 277 g/mol. The molecule has 0 aliphatic carbocycles. The highest BCUT2D eigenvalue weighted by atomic mass is 16.5. The Morgan fingerprint density at radius 1 is 1.60 bits per heavy atom. The molecule has 108 valence electrons. The number of nitrogens with one attached hydrogen (secondary N) is 1. The summed E-state index contributed by atoms with van der Waals surface area (Å²) >= 11 is 0. The molecular weight excluding hydrogens is 258 g/mol. The first kappa shape index (κ1) is 14.3. The van der Waals surface area contributed by atoms with Crippen molar-refractivity contribution in [1.29, 1.82) is 0 Å². The van der Waals surface area contributed by atoms with Crippen LogP contribution >= 0.6 is 0 Å². The number of hydrogen-bond donors (Lipinski definition) is 2. The van der Waals surface area contributed by atoms with Gasteiger partial charge in [-0.3, -0.25) is 4.79 Å². The van der Waals surface area contributed by atoms with Crippen molar-refractivity contribution in [2.24, 2.45) is 0 Å². The first-order valence-electron chi connectivity index (χ1n) is 6.61. The number of aliphatic hydroxyl groups excluding tert-OH is 1. The minimum atomic E-state index is -0.254. The number of aromatic nitrogens is 2. The van der Waals surface area contributed by atoms with Crippen LogP contribution in [0.25, 0.3) is 5.65 Å². The van der Waals surface area contributed by atoms with Crippen LogP contribution in [0.2, 0.25) is 0 Å². The molecule has 6 heteroatoms. The van der Waals surface area contributed by atoms with E-state index in [0.717, 1.165) is 5.69 Å². The fraction of sp³-hybridized carbons (Fsp3) is 0.429. The first-order chi connectivity index (χ1) is 9.63. The number of carbonyl (C=O) groups is 1. The third-order valence-corrected chi connectivity index (χ3v) is 3.00. The molecule has 2 heterocycles. The van der Waals surface area contributed by atoms with Crippen LogP contribution in [0.1, 0.15) is 19.0 Å². The summed E-state index contributed by atoms with van der Waals surface area (Å²) < 4.78 is 7.36. The van der Waals surface area contributed by atoms with E-state index >= 15 is 0 Å². The van der Waals surface area contributed by atoms with Crippen LogP contribution in [0.3, 0.4) is 0 Å². The van der Waals surface area contributed by atoms with Crippen molar-refractivity contribution in [2.45, 2.75) is 26.3 Å². The minimum Gasteiger partial charge on any atom is -0.480 e. The van der Waals surface area contributed by atoms with Crippen LogP contribution in [0.4, 0.5) is 0 Å². The number of hydrogen-bond acceptors (Lipinski definition) is 4. The number of pyridine rings is 1. The van der Waals surface area contributed by atoms with Crippen LogP contribution in [-0.4, -0.2) is 39.7 Å². The molecule has 0 aliphatic heterocycles. The Morgan fingerprint density at radius 2 is 2.40 bits per heavy atom. The highest BCUT2D eigenvalue weighted by Crippen LogP contribution is 2.18. The summed E-state index contributed by atoms with van der Waals surface area (Å²) in [5, 5.41) is 11.7. The van der Waals surface area contributed by atoms with Gasteiger partial charge in [0.25, 0.3) is 5.91 Å². The van der Waals surface area contributed by atoms with Crippen LogP contribution in [0.5, 0.6) is 5.75 Å². The molecule has 2 N–H and O–H groups in total. The standard InChI is InChI=1S/C14H19N3O3/c1-3-11(8-18)16-13(19)9-20-12-5-4-6-17-7-10(2)15-14(12)17/h4-7,11,18H,3,8-9H2,1-2H3,(H,16,19). The largest absolute Gasteiger partial charge is 0.480 e. The predicted octanol–water partition coefficient (Wildman–Crippen LogP) is 0.909. The normalized spacial score (nSPS) is 12.3. The smallest absolute Gasteiger partial charge is 0.258 e. The van der Waals surface area contributed by atoms with Crippen LogP contribution in [0, 0.1) is 6.92 Å². The summed E-state index contributed by atoms with van der Waals surface area (Å²) in [7, 11) is 0. The van der Waals surface area contributed by atoms with Gasteiger partial charge in [-0.2, -0.15) is 0 Å². The molecule has 0 radical (unpaired) electrons. The number of ether oxygens (including phenoxy) is 1. The van der Waals surface area contributed by atoms with Gasteiger partial charge in [-0.1, -0.05) is 6.92 Å². The van der Waals surface area contributed by atoms with Gasteiger partial charge in [0.2, 0.25) is 0 Å². The summed E-state index contributed by atoms with van der Waals surface area (Å²) in [6.07, 6.45) is 4.44. The van der Waals surface area contributed by atoms with Crippen molar-refractivity contribution in [3.63, 3.8) is 0 Å². The topological polar surface area (TPSA) is 75.9 Å². The molecule has 1 unspecified atom stereocenters. The van der Waals surface area contributed by atoms with E-state index in [0.29, 0.717) is 17.8 Å². The monoisotopic (exact) mass is 277 g/mol. The number of nitrogens with zero attached hydrogens (tertiary/aromatic N) is 2. The van der Waals surface area contributed by atoms with Crippen molar-refractivity contribution in [2.75, 3.05) is 13.2 Å². The SMILES string of the molecule is CCC(CO)NC(=O)COc1cccn2cc(C)nc12. The highest BCUT2D eigenvalue weighted by molar-refractivity contribution is 5.78. The number of amides is 1. The maximum Gasteiger partial charge on any atom is 0.258 e. The third-order valence-electron chi connectivity index (χ3n) is 3.00. The number of rotatable bonds is 6. The highest BCUT2D eigenvalue weighted by Gasteiger charge is 2.11. The Kier molecular flexibility index (Phi) is 4.57. The first-order valence-corrected chi connectivity index (χ1v) is 6.61. The van der Waals surface area contributed by atoms with Gasteiger partial charge in [-0.05, 0) is 25.5 Å². The van der Waals surface area contributed by atoms with Gasteiger partial charge in [-0.15, -0.1) is 0 Å². The molecule has 1 amide bonds. The van der Waals surface area contributed by atoms with E-state index in [1.807, 2.05) is 36.7 Å². The van der Waals surface area contributed by atoms with Crippen molar-refractivity contribution in [1.82, 2.24) is 14.7 Å². The van der Waals surface area contributed by atoms with Crippen molar-refractivity contribution < 1.29 is 14.6 Å². The lowest BCUT2D eigenvalue weighted by molar-refractivity contribution is -0.124. The van der Waals surface area contributed by atoms with Crippen molar-refractivity contribution in [3.8, 4) is 5.75 Å². The van der Waals surface area contributed by atoms with Crippen LogP contribution in [-0.2, 0) is 4.79 Å². The zero-order valence-electron chi connectivity index (χ0n) is 11.7. The summed E-state index contributed by atoms with van der Waals surface area (Å²) in [6, 6.07) is 3.39. The molecule has 0 bridgehead atoms. The van der Waals surface area contributed by atoms with E-state index in [4.69, 9.17) is 9.84 Å². The Morgan fingerprint density at radius 3 is 3.10 bits per heavy atom. The molecule has 20 heavy (non-hydrogen) atoms. The fourth-order valence-electron chi connectivity index (χ4n) is 1.91. The lowest BCUT2D eigenvalue weighted by Gasteiger charge is -2.14. The Bertz CT molecular complexity index is 590. The van der Waals surface area contributed by atoms with E-state index in [-0.39, 0.29) is 25.2 Å². The zero-order valence-corrected chi connectivity index (χ0v) is 11.7. The third kappa shape index (κ3) is 3.27. The summed E-state index contributed by atoms with van der Waals surface area (Å²) in [5.41, 5.74) is 1.57. The predicted molar refractivity (Wildman–Crippen MR) is 74.7 cm³/mol. The maximum absolute atomic E-state index is 11.7. The lowest BCUT2D eigenvalue weighted by Crippen LogP contribution is -2.39. The summed E-state index contributed by atoms with van der Waals surface area (Å²) in [5.74, 6) is 0.309. The second kappa shape index (κ2) is 6.38.